The van der Waals surface area contributed by atoms with Crippen LogP contribution in [0.5, 0.6) is 11.5 Å². The molecule has 2 amide bonds. The summed E-state index contributed by atoms with van der Waals surface area (Å²) in [6.07, 6.45) is 4.67. The Labute approximate surface area is 311 Å². The van der Waals surface area contributed by atoms with Crippen molar-refractivity contribution in [3.63, 3.8) is 0 Å². The molecule has 0 bridgehead atoms. The third-order valence-corrected chi connectivity index (χ3v) is 13.1. The maximum absolute atomic E-state index is 13.3. The van der Waals surface area contributed by atoms with Gasteiger partial charge in [0, 0.05) is 71.4 Å². The number of nitrogens with zero attached hydrogens (tertiary/aromatic N) is 4. The van der Waals surface area contributed by atoms with Crippen LogP contribution in [0.4, 0.5) is 5.69 Å². The number of imide groups is 1. The Morgan fingerprint density at radius 3 is 2.26 bits per heavy atom. The van der Waals surface area contributed by atoms with Gasteiger partial charge in [0.15, 0.2) is 21.3 Å². The van der Waals surface area contributed by atoms with Gasteiger partial charge in [-0.15, -0.1) is 5.06 Å². The molecular formula is C36H41N5O11S2. The minimum Gasteiger partial charge on any atom is -0.453 e. The van der Waals surface area contributed by atoms with E-state index in [2.05, 4.69) is 15.3 Å². The first kappa shape index (κ1) is 37.7. The van der Waals surface area contributed by atoms with E-state index in [9.17, 15) is 40.3 Å². The van der Waals surface area contributed by atoms with Gasteiger partial charge in [-0.2, -0.15) is 16.8 Å². The van der Waals surface area contributed by atoms with Crippen molar-refractivity contribution >= 4 is 49.3 Å². The van der Waals surface area contributed by atoms with Gasteiger partial charge in [0.05, 0.1) is 17.1 Å². The summed E-state index contributed by atoms with van der Waals surface area (Å²) in [5.74, 6) is -2.18. The van der Waals surface area contributed by atoms with Crippen molar-refractivity contribution in [2.24, 2.45) is 4.99 Å². The largest absolute Gasteiger partial charge is 0.453 e. The fourth-order valence-electron chi connectivity index (χ4n) is 7.55. The number of fused-ring (bicyclic) bond motifs is 4. The van der Waals surface area contributed by atoms with Crippen LogP contribution in [-0.4, -0.2) is 70.4 Å². The van der Waals surface area contributed by atoms with E-state index in [1.807, 2.05) is 41.5 Å². The molecule has 2 unspecified atom stereocenters. The van der Waals surface area contributed by atoms with Gasteiger partial charge in [-0.05, 0) is 49.9 Å². The van der Waals surface area contributed by atoms with Gasteiger partial charge >= 0.3 is 5.97 Å². The fourth-order valence-corrected chi connectivity index (χ4v) is 9.16. The molecule has 2 aromatic carbocycles. The number of carbonyl (C=O) groups is 3. The smallest absolute Gasteiger partial charge is 0.333 e. The predicted molar refractivity (Wildman–Crippen MR) is 191 cm³/mol. The number of benzene rings is 2. The summed E-state index contributed by atoms with van der Waals surface area (Å²) in [4.78, 5) is 49.0. The first-order valence-electron chi connectivity index (χ1n) is 17.6. The lowest BCUT2D eigenvalue weighted by Crippen LogP contribution is -2.33. The van der Waals surface area contributed by atoms with Crippen molar-refractivity contribution in [3.8, 4) is 11.5 Å². The van der Waals surface area contributed by atoms with Crippen molar-refractivity contribution in [1.82, 2.24) is 14.6 Å². The van der Waals surface area contributed by atoms with Crippen molar-refractivity contribution < 1.29 is 49.9 Å². The molecule has 18 heteroatoms. The maximum Gasteiger partial charge on any atom is 0.333 e. The summed E-state index contributed by atoms with van der Waals surface area (Å²) in [5.41, 5.74) is 0.459. The second-order valence-corrected chi connectivity index (χ2v) is 18.0. The van der Waals surface area contributed by atoms with Crippen molar-refractivity contribution in [3.05, 3.63) is 57.6 Å². The first-order valence-corrected chi connectivity index (χ1v) is 20.5. The number of ether oxygens (including phenoxy) is 1. The van der Waals surface area contributed by atoms with Crippen molar-refractivity contribution in [2.45, 2.75) is 119 Å². The maximum atomic E-state index is 13.3. The number of anilines is 1. The second kappa shape index (κ2) is 12.7. The molecule has 0 aliphatic carbocycles. The second-order valence-electron chi connectivity index (χ2n) is 15.3. The van der Waals surface area contributed by atoms with Crippen LogP contribution in [0.25, 0.3) is 5.57 Å². The molecule has 54 heavy (non-hydrogen) atoms. The fraction of sp³-hybridized carbons (Fsp3) is 0.472. The lowest BCUT2D eigenvalue weighted by atomic mass is 9.79. The number of aromatic nitrogens is 2. The Kier molecular flexibility index (Phi) is 8.86. The SMILES string of the molecule is CC1N=c2c(cc3c(c2S(=O)(=O)O)Oc2c(cc4c(c2S(=O)(=O)O)NC(C)C4(C)C)C=3c2nccn2CCCCCC(=O)ON2C(=O)CCC2=O)C1(C)C. The van der Waals surface area contributed by atoms with Crippen LogP contribution in [0.3, 0.4) is 0 Å². The van der Waals surface area contributed by atoms with E-state index in [0.717, 1.165) is 0 Å². The average Bonchev–Trinajstić information content (AvgIpc) is 3.77. The van der Waals surface area contributed by atoms with Crippen LogP contribution in [-0.2, 0) is 56.8 Å². The van der Waals surface area contributed by atoms with Gasteiger partial charge in [0.2, 0.25) is 0 Å². The van der Waals surface area contributed by atoms with E-state index < -0.39 is 64.7 Å². The number of aryl methyl sites for hydroxylation is 1. The number of hydroxylamine groups is 2. The van der Waals surface area contributed by atoms with Gasteiger partial charge in [0.1, 0.15) is 5.82 Å². The molecule has 7 rings (SSSR count). The molecule has 5 heterocycles. The third-order valence-electron chi connectivity index (χ3n) is 11.3. The summed E-state index contributed by atoms with van der Waals surface area (Å²) < 4.78 is 82.7. The summed E-state index contributed by atoms with van der Waals surface area (Å²) in [5, 5.41) is 3.91. The molecule has 3 aromatic rings. The highest BCUT2D eigenvalue weighted by Crippen LogP contribution is 2.52. The summed E-state index contributed by atoms with van der Waals surface area (Å²) in [7, 11) is -10.1. The Morgan fingerprint density at radius 1 is 0.944 bits per heavy atom. The predicted octanol–water partition coefficient (Wildman–Crippen LogP) is 3.29. The average molecular weight is 784 g/mol. The number of nitrogens with one attached hydrogen (secondary N) is 1. The highest BCUT2D eigenvalue weighted by molar-refractivity contribution is 7.86. The topological polar surface area (TPSA) is 224 Å². The van der Waals surface area contributed by atoms with Crippen LogP contribution in [0, 0.1) is 0 Å². The van der Waals surface area contributed by atoms with E-state index in [1.54, 1.807) is 29.1 Å². The van der Waals surface area contributed by atoms with Crippen LogP contribution < -0.4 is 20.6 Å². The highest BCUT2D eigenvalue weighted by Gasteiger charge is 2.46. The van der Waals surface area contributed by atoms with Crippen LogP contribution in [0.15, 0.2) is 39.3 Å². The van der Waals surface area contributed by atoms with E-state index in [0.29, 0.717) is 53.4 Å². The number of carbonyl (C=O) groups excluding carboxylic acids is 3. The molecular weight excluding hydrogens is 743 g/mol. The quantitative estimate of drug-likeness (QED) is 0.119. The molecule has 0 saturated carbocycles. The van der Waals surface area contributed by atoms with Crippen molar-refractivity contribution in [1.29, 1.82) is 0 Å². The molecule has 1 aromatic heterocycles. The Morgan fingerprint density at radius 2 is 1.61 bits per heavy atom. The number of unbranched alkanes of at least 4 members (excludes halogenated alkanes) is 2. The van der Waals surface area contributed by atoms with Gasteiger partial charge in [-0.3, -0.25) is 23.7 Å². The molecule has 0 spiro atoms. The normalized spacial score (nSPS) is 20.8. The summed E-state index contributed by atoms with van der Waals surface area (Å²) in [6.45, 7) is 11.7. The van der Waals surface area contributed by atoms with Gasteiger partial charge in [-0.1, -0.05) is 34.1 Å². The molecule has 1 fully saturated rings. The molecule has 0 radical (unpaired) electrons. The van der Waals surface area contributed by atoms with Crippen molar-refractivity contribution in [2.75, 3.05) is 5.32 Å². The monoisotopic (exact) mass is 783 g/mol. The van der Waals surface area contributed by atoms with E-state index in [4.69, 9.17) is 9.57 Å². The minimum atomic E-state index is -5.04. The number of hydrogen-bond acceptors (Lipinski definition) is 12. The Hall–Kier alpha value is -4.65. The highest BCUT2D eigenvalue weighted by atomic mass is 32.2. The lowest BCUT2D eigenvalue weighted by molar-refractivity contribution is -0.197. The van der Waals surface area contributed by atoms with E-state index in [-0.39, 0.29) is 58.6 Å². The zero-order valence-corrected chi connectivity index (χ0v) is 32.2. The molecule has 3 N–H and O–H groups in total. The zero-order valence-electron chi connectivity index (χ0n) is 30.6. The summed E-state index contributed by atoms with van der Waals surface area (Å²) >= 11 is 0. The minimum absolute atomic E-state index is 0.000622. The Bertz CT molecular complexity index is 2510. The van der Waals surface area contributed by atoms with Crippen LogP contribution in [0.1, 0.15) is 103 Å². The Balaban J connectivity index is 1.37. The molecule has 4 aliphatic rings. The number of imidazole rings is 1. The molecule has 4 aliphatic heterocycles. The zero-order chi connectivity index (χ0) is 39.3. The van der Waals surface area contributed by atoms with Gasteiger partial charge in [0.25, 0.3) is 32.1 Å². The van der Waals surface area contributed by atoms with Gasteiger partial charge < -0.3 is 19.5 Å². The standard InChI is InChI=1S/C36H41N5O11S2/c1-18-35(3,4)22-16-20-27(34-37-13-15-40(34)14-9-7-8-10-26(44)52-41-24(42)11-12-25(41)43)21-17-23-29(39-19(2)36(23,5)6)33(54(48,49)50)31(21)51-30(20)32(28(22)38-18)53(45,46)47/h13,15-19,38H,7-12,14H2,1-6H3,(H,45,46,47)(H,48,49,50). The third kappa shape index (κ3) is 5.99. The van der Waals surface area contributed by atoms with Crippen LogP contribution >= 0.6 is 0 Å². The molecule has 1 saturated heterocycles. The number of amides is 2. The number of rotatable bonds is 10. The molecule has 16 nitrogen and oxygen atoms in total. The van der Waals surface area contributed by atoms with E-state index >= 15 is 0 Å². The number of hydrogen-bond donors (Lipinski definition) is 3. The first-order chi connectivity index (χ1) is 25.1. The van der Waals surface area contributed by atoms with Gasteiger partial charge in [-0.25, -0.2) is 9.78 Å². The summed E-state index contributed by atoms with van der Waals surface area (Å²) in [6, 6.07) is 2.84. The van der Waals surface area contributed by atoms with E-state index in [1.165, 1.54) is 0 Å². The molecule has 288 valence electrons. The lowest BCUT2D eigenvalue weighted by Gasteiger charge is -2.29. The molecule has 2 atom stereocenters. The van der Waals surface area contributed by atoms with Crippen LogP contribution in [0.2, 0.25) is 0 Å².